The van der Waals surface area contributed by atoms with Crippen LogP contribution in [0.25, 0.3) is 34.4 Å². The van der Waals surface area contributed by atoms with E-state index in [0.29, 0.717) is 7.35 Å². The number of aryl methyl sites for hydroxylation is 5. The summed E-state index contributed by atoms with van der Waals surface area (Å²) < 4.78 is 10.4. The molecule has 2 aliphatic carbocycles. The van der Waals surface area contributed by atoms with Crippen molar-refractivity contribution in [3.8, 4) is 22.3 Å². The van der Waals surface area contributed by atoms with Crippen molar-refractivity contribution in [2.24, 2.45) is 0 Å². The van der Waals surface area contributed by atoms with E-state index in [4.69, 9.17) is 0 Å². The number of fused-ring (bicyclic) bond motifs is 2. The molecule has 0 heterocycles. The Kier molecular flexibility index (Phi) is 6.92. The molecule has 2 unspecified atom stereocenters. The first kappa shape index (κ1) is 32.2. The van der Waals surface area contributed by atoms with Gasteiger partial charge in [-0.3, -0.25) is 0 Å². The van der Waals surface area contributed by atoms with Crippen molar-refractivity contribution >= 4 is 19.1 Å². The Morgan fingerprint density at radius 2 is 0.957 bits per heavy atom. The molecule has 2 heteroatoms. The number of hydrogen-bond acceptors (Lipinski definition) is 0. The number of rotatable bonds is 7. The minimum absolute atomic E-state index is 0.368. The first-order valence-electron chi connectivity index (χ1n) is 17.5. The van der Waals surface area contributed by atoms with Gasteiger partial charge in [0.2, 0.25) is 0 Å². The van der Waals surface area contributed by atoms with Crippen LogP contribution in [0.1, 0.15) is 57.4 Å². The minimum atomic E-state index is -5.13. The number of allylic oxidation sites excluding steroid dienone is 2. The molecule has 0 bridgehead atoms. The Labute approximate surface area is 278 Å². The molecular weight excluding hydrogens is 747 g/mol. The Morgan fingerprint density at radius 1 is 0.532 bits per heavy atom. The molecule has 0 fully saturated rings. The van der Waals surface area contributed by atoms with Gasteiger partial charge in [-0.25, -0.2) is 0 Å². The van der Waals surface area contributed by atoms with Gasteiger partial charge in [0.05, 0.1) is 0 Å². The average molecular weight is 797 g/mol. The standard InChI is InChI=1S/2C17H15.C8H9.3CH3.Hf.H2Si/c2*1-12-9-13(2)11-15(10-12)17-8-4-6-14-5-3-7-16(14)17;1-2-8-6-4-3-5-7-8;;;;;/h2*3-11H,1-2H3;3-7H,1-2H2;3*1H3;;1H2. The van der Waals surface area contributed by atoms with Gasteiger partial charge in [0.15, 0.2) is 0 Å². The van der Waals surface area contributed by atoms with Crippen molar-refractivity contribution < 1.29 is 14.2 Å². The van der Waals surface area contributed by atoms with Crippen LogP contribution in [0.5, 0.6) is 0 Å². The first-order chi connectivity index (χ1) is 22.1. The zero-order chi connectivity index (χ0) is 33.3. The van der Waals surface area contributed by atoms with Gasteiger partial charge in [-0.15, -0.1) is 0 Å². The molecule has 238 valence electrons. The molecule has 7 rings (SSSR count). The zero-order valence-corrected chi connectivity index (χ0v) is 34.4. The first-order valence-corrected chi connectivity index (χ1v) is 43.3. The van der Waals surface area contributed by atoms with Gasteiger partial charge >= 0.3 is 281 Å². The van der Waals surface area contributed by atoms with Crippen LogP contribution in [0.15, 0.2) is 115 Å². The Hall–Kier alpha value is -3.33. The molecule has 0 nitrogen and oxygen atoms in total. The van der Waals surface area contributed by atoms with Gasteiger partial charge < -0.3 is 0 Å². The van der Waals surface area contributed by atoms with Gasteiger partial charge in [0.25, 0.3) is 0 Å². The summed E-state index contributed by atoms with van der Waals surface area (Å²) in [6, 6.07) is 39.5. The molecule has 0 amide bonds. The normalized spacial score (nSPS) is 19.0. The Morgan fingerprint density at radius 3 is 1.38 bits per heavy atom. The van der Waals surface area contributed by atoms with Crippen molar-refractivity contribution in [2.75, 3.05) is 0 Å². The summed E-state index contributed by atoms with van der Waals surface area (Å²) in [5, 5.41) is 0. The summed E-state index contributed by atoms with van der Waals surface area (Å²) in [7, 11) is 0. The fourth-order valence-electron chi connectivity index (χ4n) is 9.85. The van der Waals surface area contributed by atoms with Crippen molar-refractivity contribution in [1.29, 1.82) is 0 Å². The SMILES string of the molecule is Cc1cc(C)cc(-c2cccc3c2C=C[CH]3[Hf]([CH3])([CH3])([CH3])(=[SiH2])([CH2]Cc2ccccc2)[CH]2C=Cc3c(-c4cc(C)cc(C)c4)cccc32)c1. The van der Waals surface area contributed by atoms with Crippen molar-refractivity contribution in [3.63, 3.8) is 0 Å². The molecule has 0 saturated carbocycles. The van der Waals surface area contributed by atoms with Crippen molar-refractivity contribution in [1.82, 2.24) is 0 Å². The third-order valence-corrected chi connectivity index (χ3v) is 58.2. The number of hydrogen-bond donors (Lipinski definition) is 0. The fraction of sp³-hybridized carbons (Fsp3) is 0.244. The van der Waals surface area contributed by atoms with Crippen molar-refractivity contribution in [2.45, 2.75) is 59.7 Å². The van der Waals surface area contributed by atoms with E-state index in [1.54, 1.807) is 0 Å². The average Bonchev–Trinajstić information content (AvgIpc) is 3.67. The maximum atomic E-state index is 2.83. The van der Waals surface area contributed by atoms with E-state index in [0.717, 1.165) is 6.42 Å². The molecule has 0 saturated heterocycles. The molecule has 5 aromatic carbocycles. The maximum absolute atomic E-state index is 5.13. The van der Waals surface area contributed by atoms with E-state index in [1.807, 2.05) is 0 Å². The Balaban J connectivity index is 1.45. The monoisotopic (exact) mass is 798 g/mol. The van der Waals surface area contributed by atoms with Crippen molar-refractivity contribution in [3.05, 3.63) is 165 Å². The van der Waals surface area contributed by atoms with Crippen LogP contribution < -0.4 is 0 Å². The van der Waals surface area contributed by atoms with Gasteiger partial charge in [0.1, 0.15) is 0 Å². The summed E-state index contributed by atoms with van der Waals surface area (Å²) >= 11 is -5.13. The fourth-order valence-corrected chi connectivity index (χ4v) is 46.7. The molecule has 5 aromatic rings. The van der Waals surface area contributed by atoms with Crippen LogP contribution in [-0.2, 0) is 20.6 Å². The van der Waals surface area contributed by atoms with Gasteiger partial charge in [0, 0.05) is 0 Å². The van der Waals surface area contributed by atoms with Gasteiger partial charge in [-0.1, -0.05) is 0 Å². The summed E-state index contributed by atoms with van der Waals surface area (Å²) in [5.74, 6) is 0. The molecule has 0 aromatic heterocycles. The summed E-state index contributed by atoms with van der Waals surface area (Å²) in [6.45, 7) is 11.4. The zero-order valence-electron chi connectivity index (χ0n) is 29.4. The van der Waals surface area contributed by atoms with E-state index >= 15 is 0 Å². The van der Waals surface area contributed by atoms with E-state index < -0.39 is 14.2 Å². The van der Waals surface area contributed by atoms with Crippen LogP contribution in [0.3, 0.4) is 0 Å². The predicted molar refractivity (Wildman–Crippen MR) is 207 cm³/mol. The number of benzene rings is 5. The summed E-state index contributed by atoms with van der Waals surface area (Å²) in [4.78, 5) is 0. The topological polar surface area (TPSA) is 0 Å². The quantitative estimate of drug-likeness (QED) is 0.144. The molecule has 0 N–H and O–H groups in total. The molecule has 2 atom stereocenters. The van der Waals surface area contributed by atoms with Crippen LogP contribution in [0.2, 0.25) is 18.2 Å². The summed E-state index contributed by atoms with van der Waals surface area (Å²) in [5.41, 5.74) is 18.0. The van der Waals surface area contributed by atoms with E-state index in [9.17, 15) is 0 Å². The van der Waals surface area contributed by atoms with Gasteiger partial charge in [-0.2, -0.15) is 0 Å². The van der Waals surface area contributed by atoms with Gasteiger partial charge in [-0.05, 0) is 0 Å². The third-order valence-electron chi connectivity index (χ3n) is 12.5. The molecule has 0 spiro atoms. The Bertz CT molecular complexity index is 2110. The molecule has 0 radical (unpaired) electrons. The van der Waals surface area contributed by atoms with E-state index in [-0.39, 0.29) is 0 Å². The van der Waals surface area contributed by atoms with Crippen LogP contribution in [0.4, 0.5) is 0 Å². The second-order valence-corrected chi connectivity index (χ2v) is 100. The predicted octanol–water partition coefficient (Wildman–Crippen LogP) is 12.2. The van der Waals surface area contributed by atoms with Crippen LogP contribution >= 0.6 is 0 Å². The summed E-state index contributed by atoms with van der Waals surface area (Å²) in [6.07, 6.45) is 11.3. The van der Waals surface area contributed by atoms with E-state index in [1.165, 1.54) is 76.5 Å². The van der Waals surface area contributed by atoms with E-state index in [2.05, 4.69) is 176 Å². The molecule has 0 aliphatic heterocycles. The molecular formula is C45H50HfSi. The molecule has 47 heavy (non-hydrogen) atoms. The second-order valence-electron chi connectivity index (χ2n) is 18.6. The van der Waals surface area contributed by atoms with Crippen LogP contribution in [-0.4, -0.2) is 6.94 Å². The van der Waals surface area contributed by atoms with Crippen LogP contribution in [0, 0.1) is 27.7 Å². The third kappa shape index (κ3) is 5.27. The second kappa shape index (κ2) is 10.1. The molecule has 2 aliphatic rings.